The highest BCUT2D eigenvalue weighted by molar-refractivity contribution is 9.10. The molecule has 2 aromatic rings. The van der Waals surface area contributed by atoms with Gasteiger partial charge in [0.15, 0.2) is 0 Å². The summed E-state index contributed by atoms with van der Waals surface area (Å²) in [4.78, 5) is 0. The maximum absolute atomic E-state index is 6.00. The third-order valence-electron chi connectivity index (χ3n) is 2.76. The van der Waals surface area contributed by atoms with Gasteiger partial charge in [0.1, 0.15) is 0 Å². The van der Waals surface area contributed by atoms with Crippen LogP contribution >= 0.6 is 47.8 Å². The predicted molar refractivity (Wildman–Crippen MR) is 89.6 cm³/mol. The van der Waals surface area contributed by atoms with Crippen LogP contribution < -0.4 is 0 Å². The van der Waals surface area contributed by atoms with Crippen LogP contribution in [0, 0.1) is 0 Å². The zero-order valence-electron chi connectivity index (χ0n) is 10.2. The van der Waals surface area contributed by atoms with Crippen LogP contribution in [0.1, 0.15) is 17.2 Å². The first-order chi connectivity index (χ1) is 9.20. The van der Waals surface area contributed by atoms with Gasteiger partial charge in [0.05, 0.1) is 12.7 Å². The average Bonchev–Trinajstić information content (AvgIpc) is 2.41. The van der Waals surface area contributed by atoms with Crippen molar-refractivity contribution in [3.63, 3.8) is 0 Å². The Balaban J connectivity index is 2.06. The summed E-state index contributed by atoms with van der Waals surface area (Å²) in [6.45, 7) is 0.588. The van der Waals surface area contributed by atoms with Crippen LogP contribution in [0.4, 0.5) is 0 Å². The number of alkyl halides is 1. The zero-order chi connectivity index (χ0) is 13.7. The van der Waals surface area contributed by atoms with Crippen LogP contribution in [0.5, 0.6) is 0 Å². The lowest BCUT2D eigenvalue weighted by molar-refractivity contribution is 0.0562. The smallest absolute Gasteiger partial charge is 0.0926 e. The highest BCUT2D eigenvalue weighted by atomic mass is 79.9. The van der Waals surface area contributed by atoms with Crippen LogP contribution in [0.2, 0.25) is 0 Å². The van der Waals surface area contributed by atoms with E-state index < -0.39 is 0 Å². The van der Waals surface area contributed by atoms with Gasteiger partial charge in [-0.1, -0.05) is 78.1 Å². The Kier molecular flexibility index (Phi) is 6.07. The van der Waals surface area contributed by atoms with E-state index in [9.17, 15) is 0 Å². The summed E-state index contributed by atoms with van der Waals surface area (Å²) >= 11 is 10.5. The van der Waals surface area contributed by atoms with Crippen molar-refractivity contribution in [1.29, 1.82) is 0 Å². The van der Waals surface area contributed by atoms with Gasteiger partial charge in [-0.2, -0.15) is 0 Å². The molecule has 1 nitrogen and oxygen atoms in total. The van der Waals surface area contributed by atoms with Crippen LogP contribution in [0.15, 0.2) is 57.5 Å². The van der Waals surface area contributed by atoms with Gasteiger partial charge in [-0.15, -0.1) is 0 Å². The highest BCUT2D eigenvalue weighted by Gasteiger charge is 2.11. The largest absolute Gasteiger partial charge is 0.368 e. The molecule has 0 aliphatic heterocycles. The van der Waals surface area contributed by atoms with E-state index in [1.165, 1.54) is 5.56 Å². The summed E-state index contributed by atoms with van der Waals surface area (Å²) < 4.78 is 8.15. The molecular formula is C15H13Br3O. The van der Waals surface area contributed by atoms with Gasteiger partial charge in [0.2, 0.25) is 0 Å². The normalized spacial score (nSPS) is 12.4. The van der Waals surface area contributed by atoms with Gasteiger partial charge in [0.25, 0.3) is 0 Å². The molecule has 19 heavy (non-hydrogen) atoms. The fourth-order valence-corrected chi connectivity index (χ4v) is 3.12. The van der Waals surface area contributed by atoms with Crippen molar-refractivity contribution in [2.45, 2.75) is 12.7 Å². The van der Waals surface area contributed by atoms with Gasteiger partial charge in [0, 0.05) is 14.3 Å². The summed E-state index contributed by atoms with van der Waals surface area (Å²) in [7, 11) is 0. The van der Waals surface area contributed by atoms with E-state index in [-0.39, 0.29) is 6.10 Å². The summed E-state index contributed by atoms with van der Waals surface area (Å²) in [6, 6.07) is 16.3. The van der Waals surface area contributed by atoms with E-state index in [4.69, 9.17) is 4.74 Å². The van der Waals surface area contributed by atoms with Gasteiger partial charge in [-0.05, 0) is 29.3 Å². The summed E-state index contributed by atoms with van der Waals surface area (Å²) in [6.07, 6.45) is 0.0459. The molecule has 0 N–H and O–H groups in total. The average molecular weight is 449 g/mol. The molecule has 1 unspecified atom stereocenters. The quantitative estimate of drug-likeness (QED) is 0.520. The minimum atomic E-state index is 0.0459. The van der Waals surface area contributed by atoms with Crippen molar-refractivity contribution < 1.29 is 4.74 Å². The predicted octanol–water partition coefficient (Wildman–Crippen LogP) is 5.86. The number of rotatable bonds is 5. The minimum absolute atomic E-state index is 0.0459. The third-order valence-corrected chi connectivity index (χ3v) is 4.61. The Morgan fingerprint density at radius 3 is 2.47 bits per heavy atom. The first-order valence-electron chi connectivity index (χ1n) is 5.87. The lowest BCUT2D eigenvalue weighted by Gasteiger charge is -2.16. The molecule has 0 saturated carbocycles. The van der Waals surface area contributed by atoms with E-state index in [1.807, 2.05) is 30.3 Å². The Bertz CT molecular complexity index is 542. The van der Waals surface area contributed by atoms with Crippen molar-refractivity contribution in [3.05, 3.63) is 68.6 Å². The Hall–Kier alpha value is -0.160. The lowest BCUT2D eigenvalue weighted by Crippen LogP contribution is -2.06. The molecule has 100 valence electrons. The number of hydrogen-bond donors (Lipinski definition) is 0. The summed E-state index contributed by atoms with van der Waals surface area (Å²) in [5.74, 6) is 0. The molecule has 0 aliphatic rings. The molecule has 0 heterocycles. The molecule has 0 radical (unpaired) electrons. The van der Waals surface area contributed by atoms with E-state index in [2.05, 4.69) is 66.0 Å². The first-order valence-corrected chi connectivity index (χ1v) is 8.58. The van der Waals surface area contributed by atoms with Crippen molar-refractivity contribution in [2.75, 3.05) is 5.33 Å². The van der Waals surface area contributed by atoms with E-state index >= 15 is 0 Å². The fraction of sp³-hybridized carbons (Fsp3) is 0.200. The SMILES string of the molecule is BrCC(OCc1ccccc1Br)c1cccc(Br)c1. The second-order valence-corrected chi connectivity index (χ2v) is 6.52. The molecule has 0 spiro atoms. The van der Waals surface area contributed by atoms with Gasteiger partial charge < -0.3 is 4.74 Å². The van der Waals surface area contributed by atoms with Crippen molar-refractivity contribution in [1.82, 2.24) is 0 Å². The van der Waals surface area contributed by atoms with Crippen molar-refractivity contribution in [2.24, 2.45) is 0 Å². The molecule has 2 rings (SSSR count). The minimum Gasteiger partial charge on any atom is -0.368 e. The van der Waals surface area contributed by atoms with Crippen LogP contribution in [-0.4, -0.2) is 5.33 Å². The number of ether oxygens (including phenoxy) is 1. The monoisotopic (exact) mass is 446 g/mol. The molecule has 1 atom stereocenters. The third kappa shape index (κ3) is 4.42. The molecule has 2 aromatic carbocycles. The molecule has 4 heteroatoms. The highest BCUT2D eigenvalue weighted by Crippen LogP contribution is 2.25. The van der Waals surface area contributed by atoms with Crippen molar-refractivity contribution >= 4 is 47.8 Å². The van der Waals surface area contributed by atoms with Crippen molar-refractivity contribution in [3.8, 4) is 0 Å². The number of hydrogen-bond acceptors (Lipinski definition) is 1. The molecule has 0 saturated heterocycles. The van der Waals surface area contributed by atoms with Crippen LogP contribution in [0.3, 0.4) is 0 Å². The Morgan fingerprint density at radius 2 is 1.79 bits per heavy atom. The Labute approximate surface area is 138 Å². The second-order valence-electron chi connectivity index (χ2n) is 4.10. The maximum atomic E-state index is 6.00. The summed E-state index contributed by atoms with van der Waals surface area (Å²) in [5, 5.41) is 0.772. The topological polar surface area (TPSA) is 9.23 Å². The van der Waals surface area contributed by atoms with Crippen LogP contribution in [-0.2, 0) is 11.3 Å². The van der Waals surface area contributed by atoms with Gasteiger partial charge in [-0.25, -0.2) is 0 Å². The molecule has 0 aromatic heterocycles. The van der Waals surface area contributed by atoms with E-state index in [0.717, 1.165) is 19.8 Å². The molecule has 0 amide bonds. The Morgan fingerprint density at radius 1 is 1.00 bits per heavy atom. The maximum Gasteiger partial charge on any atom is 0.0926 e. The number of halogens is 3. The first kappa shape index (κ1) is 15.2. The summed E-state index contributed by atoms with van der Waals surface area (Å²) in [5.41, 5.74) is 2.32. The van der Waals surface area contributed by atoms with Gasteiger partial charge >= 0.3 is 0 Å². The standard InChI is InChI=1S/C15H13Br3O/c16-9-15(11-5-3-6-13(17)8-11)19-10-12-4-1-2-7-14(12)18/h1-8,15H,9-10H2. The van der Waals surface area contributed by atoms with E-state index in [1.54, 1.807) is 0 Å². The molecular weight excluding hydrogens is 436 g/mol. The molecule has 0 aliphatic carbocycles. The molecule has 0 bridgehead atoms. The number of benzene rings is 2. The lowest BCUT2D eigenvalue weighted by atomic mass is 10.1. The second kappa shape index (κ2) is 7.58. The molecule has 0 fully saturated rings. The fourth-order valence-electron chi connectivity index (χ4n) is 1.74. The van der Waals surface area contributed by atoms with E-state index in [0.29, 0.717) is 6.61 Å². The zero-order valence-corrected chi connectivity index (χ0v) is 14.9. The van der Waals surface area contributed by atoms with Gasteiger partial charge in [-0.3, -0.25) is 0 Å². The van der Waals surface area contributed by atoms with Crippen LogP contribution in [0.25, 0.3) is 0 Å².